The van der Waals surface area contributed by atoms with Crippen LogP contribution in [0.3, 0.4) is 0 Å². The Labute approximate surface area is 425 Å². The first-order chi connectivity index (χ1) is 31.6. The average Bonchev–Trinajstić information content (AvgIpc) is 3.80. The smallest absolute Gasteiger partial charge is 0.748 e. The molecule has 5 aliphatic rings. The summed E-state index contributed by atoms with van der Waals surface area (Å²) in [5, 5.41) is 9.04. The summed E-state index contributed by atoms with van der Waals surface area (Å²) in [5.74, 6) is -2.24. The van der Waals surface area contributed by atoms with Gasteiger partial charge >= 0.3 is 35.5 Å². The molecule has 0 radical (unpaired) electrons. The number of carbonyl (C=O) groups excluding carboxylic acids is 5. The van der Waals surface area contributed by atoms with E-state index in [1.54, 1.807) is 4.58 Å². The van der Waals surface area contributed by atoms with E-state index < -0.39 is 65.9 Å². The Morgan fingerprint density at radius 1 is 0.928 bits per heavy atom. The minimum atomic E-state index is -4.90. The molecule has 0 aromatic heterocycles. The Hall–Kier alpha value is -4.80. The van der Waals surface area contributed by atoms with Crippen LogP contribution in [0.4, 0.5) is 11.4 Å². The van der Waals surface area contributed by atoms with E-state index in [0.717, 1.165) is 40.3 Å². The van der Waals surface area contributed by atoms with E-state index in [1.807, 2.05) is 31.2 Å². The van der Waals surface area contributed by atoms with Crippen molar-refractivity contribution in [1.82, 2.24) is 10.1 Å². The first-order valence-electron chi connectivity index (χ1n) is 22.3. The molecule has 0 aliphatic carbocycles. The van der Waals surface area contributed by atoms with Gasteiger partial charge in [0.15, 0.2) is 5.71 Å². The number of fused-ring (bicyclic) bond motifs is 3. The molecule has 69 heavy (non-hydrogen) atoms. The standard InChI is InChI=1S/C44H53N3O11S2.C4H5NO3.Na/c1-9-46-35-26-36-32(25-31(35)28(2)27-43(46,6)7)29(23-38(57-36)42(3,4)5)13-10-14-37-44(8,20-11-15-41(50)58-47-39(48)18-19-40(47)49)33-24-30(60(54,55)56)16-17-34(33)45(37)21-12-22-59(51,52)53;6-3-1-2-4(7)5(3)8;/h10,13-14,16-17,23-27H,9,11-12,15,18-22H2,1-8H3,(H-,51,52,53,54,55,56);8H,1-2H2;/q;;+1/p-1. The quantitative estimate of drug-likeness (QED) is 0.0995. The largest absolute Gasteiger partial charge is 1.00 e. The van der Waals surface area contributed by atoms with E-state index in [4.69, 9.17) is 14.8 Å². The summed E-state index contributed by atoms with van der Waals surface area (Å²) in [6.07, 6.45) is 10.1. The molecule has 2 fully saturated rings. The summed E-state index contributed by atoms with van der Waals surface area (Å²) in [7, 11) is -9.47. The molecule has 1 unspecified atom stereocenters. The Bertz CT molecular complexity index is 2830. The van der Waals surface area contributed by atoms with Crippen LogP contribution in [0.1, 0.15) is 123 Å². The Morgan fingerprint density at radius 3 is 2.10 bits per heavy atom. The first kappa shape index (κ1) is 55.1. The number of imide groups is 2. The van der Waals surface area contributed by atoms with Gasteiger partial charge in [0.1, 0.15) is 28.2 Å². The summed E-state index contributed by atoms with van der Waals surface area (Å²) in [6.45, 7) is 17.4. The summed E-state index contributed by atoms with van der Waals surface area (Å²) >= 11 is 0. The van der Waals surface area contributed by atoms with Gasteiger partial charge in [0.2, 0.25) is 5.69 Å². The number of allylic oxidation sites excluding steroid dienone is 7. The number of hydroxylamine groups is 4. The van der Waals surface area contributed by atoms with Gasteiger partial charge in [-0.25, -0.2) is 21.6 Å². The molecule has 2 aromatic carbocycles. The molecule has 1 N–H and O–H groups in total. The molecule has 21 heteroatoms. The van der Waals surface area contributed by atoms with Crippen LogP contribution in [0.15, 0.2) is 71.4 Å². The molecular weight excluding hydrogens is 944 g/mol. The second-order valence-electron chi connectivity index (χ2n) is 19.0. The van der Waals surface area contributed by atoms with E-state index in [-0.39, 0.29) is 103 Å². The molecule has 0 saturated carbocycles. The van der Waals surface area contributed by atoms with Crippen molar-refractivity contribution in [2.24, 2.45) is 5.41 Å². The predicted molar refractivity (Wildman–Crippen MR) is 247 cm³/mol. The molecule has 18 nitrogen and oxygen atoms in total. The van der Waals surface area contributed by atoms with Crippen molar-refractivity contribution in [2.75, 3.05) is 23.7 Å². The second-order valence-corrected chi connectivity index (χ2v) is 22.0. The number of nitrogens with zero attached hydrogens (tertiary/aromatic N) is 4. The maximum Gasteiger partial charge on any atom is 1.00 e. The van der Waals surface area contributed by atoms with E-state index in [2.05, 4.69) is 71.6 Å². The van der Waals surface area contributed by atoms with Gasteiger partial charge in [-0.1, -0.05) is 39.0 Å². The minimum Gasteiger partial charge on any atom is -0.748 e. The first-order valence-corrected chi connectivity index (χ1v) is 25.3. The van der Waals surface area contributed by atoms with Crippen LogP contribution < -0.4 is 39.2 Å². The zero-order valence-corrected chi connectivity index (χ0v) is 44.0. The molecule has 2 aromatic rings. The summed E-state index contributed by atoms with van der Waals surface area (Å²) in [6, 6.07) is 8.19. The molecule has 5 heterocycles. The topological polar surface area (TPSA) is 251 Å². The summed E-state index contributed by atoms with van der Waals surface area (Å²) < 4.78 is 80.3. The third-order valence-corrected chi connectivity index (χ3v) is 14.2. The molecular formula is C48H57N4NaO14S2. The second kappa shape index (κ2) is 20.9. The normalized spacial score (nSPS) is 20.6. The van der Waals surface area contributed by atoms with Crippen LogP contribution in [0, 0.1) is 5.41 Å². The van der Waals surface area contributed by atoms with Crippen LogP contribution in [0.2, 0.25) is 0 Å². The molecule has 4 amide bonds. The van der Waals surface area contributed by atoms with Crippen molar-refractivity contribution in [3.05, 3.63) is 83.2 Å². The average molecular weight is 1000 g/mol. The van der Waals surface area contributed by atoms with Gasteiger partial charge in [-0.15, -0.1) is 5.06 Å². The number of anilines is 1. The van der Waals surface area contributed by atoms with Crippen LogP contribution in [-0.2, 0) is 54.5 Å². The monoisotopic (exact) mass is 1000 g/mol. The van der Waals surface area contributed by atoms with Crippen molar-refractivity contribution in [3.8, 4) is 5.75 Å². The molecule has 366 valence electrons. The number of likely N-dealkylation sites (N-methyl/N-ethyl adjacent to an activating group) is 1. The van der Waals surface area contributed by atoms with Crippen LogP contribution in [-0.4, -0.2) is 106 Å². The molecule has 2 saturated heterocycles. The fourth-order valence-electron chi connectivity index (χ4n) is 9.16. The van der Waals surface area contributed by atoms with Gasteiger partial charge in [0.05, 0.1) is 26.0 Å². The maximum atomic E-state index is 12.9. The van der Waals surface area contributed by atoms with Gasteiger partial charge in [-0.3, -0.25) is 24.4 Å². The van der Waals surface area contributed by atoms with Crippen molar-refractivity contribution in [3.63, 3.8) is 0 Å². The van der Waals surface area contributed by atoms with E-state index in [0.29, 0.717) is 27.8 Å². The van der Waals surface area contributed by atoms with Crippen molar-refractivity contribution >= 4 is 78.1 Å². The molecule has 0 spiro atoms. The fraction of sp³-hybridized carbons (Fsp3) is 0.458. The summed E-state index contributed by atoms with van der Waals surface area (Å²) in [5.41, 5.74) is 4.90. The van der Waals surface area contributed by atoms with Gasteiger partial charge in [0, 0.05) is 96.8 Å². The minimum absolute atomic E-state index is 0. The van der Waals surface area contributed by atoms with Gasteiger partial charge in [-0.05, 0) is 82.9 Å². The Balaban J connectivity index is 0.000000895. The van der Waals surface area contributed by atoms with Crippen LogP contribution in [0.25, 0.3) is 11.1 Å². The number of benzene rings is 2. The fourth-order valence-corrected chi connectivity index (χ4v) is 10.1. The molecule has 7 rings (SSSR count). The van der Waals surface area contributed by atoms with Crippen molar-refractivity contribution in [2.45, 2.75) is 123 Å². The maximum absolute atomic E-state index is 12.9. The third kappa shape index (κ3) is 12.2. The van der Waals surface area contributed by atoms with Crippen molar-refractivity contribution < 1.29 is 98.8 Å². The van der Waals surface area contributed by atoms with E-state index in [9.17, 15) is 49.9 Å². The zero-order valence-electron chi connectivity index (χ0n) is 40.4. The van der Waals surface area contributed by atoms with Gasteiger partial charge in [0.25, 0.3) is 23.6 Å². The number of amides is 4. The number of rotatable bonds is 13. The van der Waals surface area contributed by atoms with Crippen LogP contribution >= 0.6 is 0 Å². The van der Waals surface area contributed by atoms with Gasteiger partial charge in [-0.2, -0.15) is 9.64 Å². The van der Waals surface area contributed by atoms with E-state index >= 15 is 0 Å². The Morgan fingerprint density at radius 2 is 1.55 bits per heavy atom. The van der Waals surface area contributed by atoms with Crippen LogP contribution in [0.5, 0.6) is 5.75 Å². The zero-order chi connectivity index (χ0) is 50.3. The predicted octanol–water partition coefficient (Wildman–Crippen LogP) is 3.17. The molecule has 5 aliphatic heterocycles. The Kier molecular flexibility index (Phi) is 16.7. The van der Waals surface area contributed by atoms with E-state index in [1.165, 1.54) is 18.2 Å². The summed E-state index contributed by atoms with van der Waals surface area (Å²) in [4.78, 5) is 64.4. The SMILES string of the molecule is CCN1c2cc3c(cc2C(C)=CC1(C)C)/C(=C/C=C/C1=[N+](CCCS(=O)(=O)[O-])c2ccc(S(=O)(=O)[O-])cc2C1(C)CCCC(=O)ON1C(=O)CCC1=O)C=C(C(C)(C)C)O3.O=C1CCC(=O)N1O.[Na+]. The third-order valence-electron chi connectivity index (χ3n) is 12.5. The van der Waals surface area contributed by atoms with Crippen molar-refractivity contribution in [1.29, 1.82) is 0 Å². The number of hydrogen-bond acceptors (Lipinski definition) is 15. The van der Waals surface area contributed by atoms with Gasteiger partial charge < -0.3 is 23.6 Å². The molecule has 1 atom stereocenters. The molecule has 0 bridgehead atoms. The number of carbonyl (C=O) groups is 5. The number of ether oxygens (including phenoxy) is 1. The number of hydrogen-bond donors (Lipinski definition) is 1.